The standard InChI is InChI=1S/C32H28ClFN2O5S/c1-5-40-31(38)27-19(3)35-32-36(28(27)21-12-10-18(2)11-13-21)30(37)26(42-32)16-20-14-23(33)29(25(15-20)39-4)41-17-22-8-6-7-9-24(22)34/h6-16,28H,5,17H2,1-4H3/b26-16+/t28-/m0/s1. The van der Waals surface area contributed by atoms with Crippen molar-refractivity contribution in [3.8, 4) is 11.5 Å². The largest absolute Gasteiger partial charge is 0.493 e. The molecule has 0 amide bonds. The molecule has 3 aromatic carbocycles. The third-order valence-electron chi connectivity index (χ3n) is 6.79. The van der Waals surface area contributed by atoms with Crippen molar-refractivity contribution in [2.45, 2.75) is 33.4 Å². The molecular formula is C32H28ClFN2O5S. The topological polar surface area (TPSA) is 79.1 Å². The molecule has 0 bridgehead atoms. The first-order valence-electron chi connectivity index (χ1n) is 13.2. The zero-order chi connectivity index (χ0) is 30.0. The summed E-state index contributed by atoms with van der Waals surface area (Å²) in [5, 5.41) is 0.239. The number of benzene rings is 3. The Kier molecular flexibility index (Phi) is 8.61. The van der Waals surface area contributed by atoms with E-state index in [1.165, 1.54) is 29.1 Å². The molecule has 0 radical (unpaired) electrons. The van der Waals surface area contributed by atoms with Crippen LogP contribution in [0, 0.1) is 12.7 Å². The number of rotatable bonds is 8. The lowest BCUT2D eigenvalue weighted by molar-refractivity contribution is -0.139. The zero-order valence-corrected chi connectivity index (χ0v) is 25.0. The van der Waals surface area contributed by atoms with E-state index in [-0.39, 0.29) is 35.4 Å². The number of halogens is 2. The van der Waals surface area contributed by atoms with Gasteiger partial charge in [-0.05, 0) is 56.2 Å². The van der Waals surface area contributed by atoms with Gasteiger partial charge in [-0.25, -0.2) is 14.2 Å². The van der Waals surface area contributed by atoms with Gasteiger partial charge in [0.2, 0.25) is 0 Å². The maximum Gasteiger partial charge on any atom is 0.338 e. The first kappa shape index (κ1) is 29.3. The Labute approximate surface area is 250 Å². The van der Waals surface area contributed by atoms with E-state index in [1.807, 2.05) is 31.2 Å². The molecular weight excluding hydrogens is 579 g/mol. The van der Waals surface area contributed by atoms with Crippen LogP contribution in [-0.4, -0.2) is 24.3 Å². The lowest BCUT2D eigenvalue weighted by Gasteiger charge is -2.24. The maximum atomic E-state index is 14.1. The van der Waals surface area contributed by atoms with E-state index in [0.29, 0.717) is 37.5 Å². The molecule has 1 aliphatic heterocycles. The van der Waals surface area contributed by atoms with Crippen LogP contribution in [0.5, 0.6) is 11.5 Å². The molecule has 7 nitrogen and oxygen atoms in total. The normalized spacial score (nSPS) is 14.8. The van der Waals surface area contributed by atoms with Crippen LogP contribution in [0.2, 0.25) is 5.02 Å². The van der Waals surface area contributed by atoms with Gasteiger partial charge in [-0.3, -0.25) is 9.36 Å². The van der Waals surface area contributed by atoms with E-state index in [1.54, 1.807) is 50.3 Å². The van der Waals surface area contributed by atoms with Crippen molar-refractivity contribution in [1.82, 2.24) is 4.57 Å². The van der Waals surface area contributed by atoms with Gasteiger partial charge in [0, 0.05) is 5.56 Å². The van der Waals surface area contributed by atoms with Crippen LogP contribution in [-0.2, 0) is 16.1 Å². The Hall–Kier alpha value is -4.21. The number of aryl methyl sites for hydroxylation is 1. The minimum atomic E-state index is -0.699. The van der Waals surface area contributed by atoms with Gasteiger partial charge in [0.05, 0.1) is 40.6 Å². The van der Waals surface area contributed by atoms with E-state index >= 15 is 0 Å². The highest BCUT2D eigenvalue weighted by molar-refractivity contribution is 7.07. The van der Waals surface area contributed by atoms with E-state index < -0.39 is 12.0 Å². The number of nitrogens with zero attached hydrogens (tertiary/aromatic N) is 2. The predicted molar refractivity (Wildman–Crippen MR) is 160 cm³/mol. The van der Waals surface area contributed by atoms with Crippen molar-refractivity contribution in [1.29, 1.82) is 0 Å². The summed E-state index contributed by atoms with van der Waals surface area (Å²) in [7, 11) is 1.47. The Morgan fingerprint density at radius 2 is 1.88 bits per heavy atom. The van der Waals surface area contributed by atoms with Crippen LogP contribution in [0.1, 0.15) is 42.1 Å². The zero-order valence-electron chi connectivity index (χ0n) is 23.4. The van der Waals surface area contributed by atoms with Crippen LogP contribution in [0.25, 0.3) is 6.08 Å². The number of esters is 1. The van der Waals surface area contributed by atoms with Crippen molar-refractivity contribution < 1.29 is 23.4 Å². The number of aromatic nitrogens is 1. The number of carbonyl (C=O) groups excluding carboxylic acids is 1. The van der Waals surface area contributed by atoms with Crippen LogP contribution in [0.4, 0.5) is 4.39 Å². The summed E-state index contributed by atoms with van der Waals surface area (Å²) in [6.07, 6.45) is 1.69. The van der Waals surface area contributed by atoms with Crippen molar-refractivity contribution in [3.63, 3.8) is 0 Å². The van der Waals surface area contributed by atoms with Crippen LogP contribution in [0.3, 0.4) is 0 Å². The molecule has 2 heterocycles. The van der Waals surface area contributed by atoms with Gasteiger partial charge in [-0.1, -0.05) is 71.0 Å². The second-order valence-corrected chi connectivity index (χ2v) is 11.0. The molecule has 0 N–H and O–H groups in total. The van der Waals surface area contributed by atoms with E-state index in [0.717, 1.165) is 11.1 Å². The van der Waals surface area contributed by atoms with Gasteiger partial charge in [0.25, 0.3) is 5.56 Å². The minimum absolute atomic E-state index is 0.0398. The molecule has 0 aliphatic carbocycles. The summed E-state index contributed by atoms with van der Waals surface area (Å²) in [6.45, 7) is 5.61. The fraction of sp³-hybridized carbons (Fsp3) is 0.219. The monoisotopic (exact) mass is 606 g/mol. The lowest BCUT2D eigenvalue weighted by atomic mass is 9.95. The molecule has 10 heteroatoms. The fourth-order valence-corrected chi connectivity index (χ4v) is 6.06. The van der Waals surface area contributed by atoms with Crippen LogP contribution < -0.4 is 24.4 Å². The van der Waals surface area contributed by atoms with Gasteiger partial charge >= 0.3 is 5.97 Å². The number of fused-ring (bicyclic) bond motifs is 1. The third kappa shape index (κ3) is 5.75. The molecule has 216 valence electrons. The number of allylic oxidation sites excluding steroid dienone is 1. The average Bonchev–Trinajstić information content (AvgIpc) is 3.26. The Morgan fingerprint density at radius 3 is 2.57 bits per heavy atom. The molecule has 4 aromatic rings. The number of carbonyl (C=O) groups is 1. The van der Waals surface area contributed by atoms with Gasteiger partial charge in [0.1, 0.15) is 12.4 Å². The highest BCUT2D eigenvalue weighted by Gasteiger charge is 2.33. The van der Waals surface area contributed by atoms with E-state index in [9.17, 15) is 14.0 Å². The van der Waals surface area contributed by atoms with Crippen LogP contribution >= 0.6 is 22.9 Å². The smallest absolute Gasteiger partial charge is 0.338 e. The molecule has 1 aliphatic rings. The molecule has 5 rings (SSSR count). The maximum absolute atomic E-state index is 14.1. The third-order valence-corrected chi connectivity index (χ3v) is 8.05. The Bertz CT molecular complexity index is 1880. The summed E-state index contributed by atoms with van der Waals surface area (Å²) < 4.78 is 32.7. The summed E-state index contributed by atoms with van der Waals surface area (Å²) in [4.78, 5) is 32.0. The number of thiazole rings is 1. The highest BCUT2D eigenvalue weighted by Crippen LogP contribution is 2.37. The number of hydrogen-bond donors (Lipinski definition) is 0. The SMILES string of the molecule is CCOC(=O)C1=C(C)N=c2s/c(=C/c3cc(Cl)c(OCc4ccccc4F)c(OC)c3)c(=O)n2[C@H]1c1ccc(C)cc1. The highest BCUT2D eigenvalue weighted by atomic mass is 35.5. The molecule has 0 unspecified atom stereocenters. The predicted octanol–water partition coefficient (Wildman–Crippen LogP) is 5.49. The van der Waals surface area contributed by atoms with Gasteiger partial charge in [0.15, 0.2) is 16.3 Å². The number of methoxy groups -OCH3 is 1. The second kappa shape index (κ2) is 12.3. The molecule has 42 heavy (non-hydrogen) atoms. The number of ether oxygens (including phenoxy) is 3. The summed E-state index contributed by atoms with van der Waals surface area (Å²) in [5.74, 6) is -0.308. The molecule has 0 spiro atoms. The molecule has 1 atom stereocenters. The fourth-order valence-electron chi connectivity index (χ4n) is 4.74. The first-order chi connectivity index (χ1) is 20.2. The quantitative estimate of drug-likeness (QED) is 0.248. The van der Waals surface area contributed by atoms with Gasteiger partial charge in [-0.2, -0.15) is 0 Å². The van der Waals surface area contributed by atoms with Gasteiger partial charge in [-0.15, -0.1) is 0 Å². The van der Waals surface area contributed by atoms with E-state index in [4.69, 9.17) is 25.8 Å². The Balaban J connectivity index is 1.58. The summed E-state index contributed by atoms with van der Waals surface area (Å²) in [6, 6.07) is 16.6. The summed E-state index contributed by atoms with van der Waals surface area (Å²) >= 11 is 7.78. The molecule has 0 fully saturated rings. The van der Waals surface area contributed by atoms with Crippen molar-refractivity contribution >= 4 is 35.0 Å². The second-order valence-electron chi connectivity index (χ2n) is 9.63. The lowest BCUT2D eigenvalue weighted by Crippen LogP contribution is -2.39. The number of hydrogen-bond acceptors (Lipinski definition) is 7. The van der Waals surface area contributed by atoms with E-state index in [2.05, 4.69) is 4.99 Å². The van der Waals surface area contributed by atoms with Crippen LogP contribution in [0.15, 0.2) is 81.7 Å². The molecule has 0 saturated heterocycles. The van der Waals surface area contributed by atoms with Crippen molar-refractivity contribution in [2.24, 2.45) is 4.99 Å². The minimum Gasteiger partial charge on any atom is -0.493 e. The average molecular weight is 607 g/mol. The molecule has 1 aromatic heterocycles. The van der Waals surface area contributed by atoms with Crippen molar-refractivity contribution in [3.05, 3.63) is 125 Å². The molecule has 0 saturated carbocycles. The van der Waals surface area contributed by atoms with Crippen molar-refractivity contribution in [2.75, 3.05) is 13.7 Å². The van der Waals surface area contributed by atoms with Gasteiger partial charge < -0.3 is 14.2 Å². The Morgan fingerprint density at radius 1 is 1.14 bits per heavy atom. The summed E-state index contributed by atoms with van der Waals surface area (Å²) in [5.41, 5.74) is 3.29. The first-order valence-corrected chi connectivity index (χ1v) is 14.4.